The van der Waals surface area contributed by atoms with Crippen LogP contribution in [0.15, 0.2) is 47.6 Å². The van der Waals surface area contributed by atoms with Crippen molar-refractivity contribution in [2.45, 2.75) is 0 Å². The molecular formula is C19H23N3O6S. The lowest BCUT2D eigenvalue weighted by atomic mass is 10.2. The lowest BCUT2D eigenvalue weighted by molar-refractivity contribution is -0.119. The molecule has 156 valence electrons. The van der Waals surface area contributed by atoms with Crippen LogP contribution in [0, 0.1) is 0 Å². The Hall–Kier alpha value is -3.27. The van der Waals surface area contributed by atoms with E-state index in [2.05, 4.69) is 10.5 Å². The third-order valence-electron chi connectivity index (χ3n) is 3.84. The van der Waals surface area contributed by atoms with Gasteiger partial charge in [-0.1, -0.05) is 6.07 Å². The molecule has 0 aliphatic rings. The Balaban J connectivity index is 2.10. The van der Waals surface area contributed by atoms with Crippen LogP contribution in [0.1, 0.15) is 5.56 Å². The van der Waals surface area contributed by atoms with Crippen molar-refractivity contribution in [1.82, 2.24) is 5.43 Å². The number of anilines is 1. The highest BCUT2D eigenvalue weighted by Gasteiger charge is 2.21. The number of carbonyl (C=O) groups is 1. The number of carbonyl (C=O) groups excluding carboxylic acids is 1. The van der Waals surface area contributed by atoms with Gasteiger partial charge >= 0.3 is 0 Å². The number of ether oxygens (including phenoxy) is 3. The Morgan fingerprint density at radius 1 is 1.07 bits per heavy atom. The van der Waals surface area contributed by atoms with E-state index in [0.29, 0.717) is 28.5 Å². The first-order valence-corrected chi connectivity index (χ1v) is 10.3. The molecule has 2 aromatic rings. The number of nitrogens with one attached hydrogen (secondary N) is 1. The summed E-state index contributed by atoms with van der Waals surface area (Å²) in [6.07, 6.45) is 2.43. The van der Waals surface area contributed by atoms with Gasteiger partial charge in [0.15, 0.2) is 11.5 Å². The monoisotopic (exact) mass is 421 g/mol. The van der Waals surface area contributed by atoms with Crippen molar-refractivity contribution in [3.05, 3.63) is 48.0 Å². The number of hydrazone groups is 1. The second-order valence-corrected chi connectivity index (χ2v) is 7.79. The minimum atomic E-state index is -3.70. The maximum atomic E-state index is 12.2. The molecule has 1 N–H and O–H groups in total. The van der Waals surface area contributed by atoms with Crippen LogP contribution in [0.2, 0.25) is 0 Å². The molecule has 9 nitrogen and oxygen atoms in total. The fraction of sp³-hybridized carbons (Fsp3) is 0.263. The number of rotatable bonds is 9. The highest BCUT2D eigenvalue weighted by atomic mass is 32.2. The van der Waals surface area contributed by atoms with Gasteiger partial charge in [0.25, 0.3) is 5.91 Å². The van der Waals surface area contributed by atoms with E-state index in [1.165, 1.54) is 33.6 Å². The second kappa shape index (κ2) is 9.78. The molecular weight excluding hydrogens is 398 g/mol. The Morgan fingerprint density at radius 3 is 2.41 bits per heavy atom. The Labute approximate surface area is 169 Å². The van der Waals surface area contributed by atoms with Crippen molar-refractivity contribution in [2.75, 3.05) is 38.4 Å². The quantitative estimate of drug-likeness (QED) is 0.487. The predicted molar refractivity (Wildman–Crippen MR) is 110 cm³/mol. The minimum Gasteiger partial charge on any atom is -0.497 e. The largest absolute Gasteiger partial charge is 0.497 e. The van der Waals surface area contributed by atoms with Gasteiger partial charge in [-0.15, -0.1) is 0 Å². The summed E-state index contributed by atoms with van der Waals surface area (Å²) in [5.74, 6) is 0.956. The molecule has 1 amide bonds. The molecule has 0 aliphatic heterocycles. The normalized spacial score (nSPS) is 11.2. The van der Waals surface area contributed by atoms with Gasteiger partial charge in [0.2, 0.25) is 10.0 Å². The van der Waals surface area contributed by atoms with Crippen LogP contribution < -0.4 is 23.9 Å². The predicted octanol–water partition coefficient (Wildman–Crippen LogP) is 1.63. The number of methoxy groups -OCH3 is 3. The smallest absolute Gasteiger partial charge is 0.260 e. The van der Waals surface area contributed by atoms with E-state index < -0.39 is 22.5 Å². The molecule has 0 saturated carbocycles. The van der Waals surface area contributed by atoms with Crippen LogP contribution in [0.4, 0.5) is 5.69 Å². The lowest BCUT2D eigenvalue weighted by Gasteiger charge is -2.21. The molecule has 0 atom stereocenters. The molecule has 0 aromatic heterocycles. The first-order chi connectivity index (χ1) is 13.8. The topological polar surface area (TPSA) is 107 Å². The Kier molecular flexibility index (Phi) is 7.43. The summed E-state index contributed by atoms with van der Waals surface area (Å²) in [4.78, 5) is 12.2. The van der Waals surface area contributed by atoms with Gasteiger partial charge in [-0.25, -0.2) is 13.8 Å². The molecule has 0 saturated heterocycles. The van der Waals surface area contributed by atoms with Crippen LogP contribution in [0.3, 0.4) is 0 Å². The molecule has 0 spiro atoms. The Morgan fingerprint density at radius 2 is 1.79 bits per heavy atom. The maximum Gasteiger partial charge on any atom is 0.260 e. The second-order valence-electron chi connectivity index (χ2n) is 5.88. The first-order valence-electron chi connectivity index (χ1n) is 8.44. The number of hydrogen-bond donors (Lipinski definition) is 1. The zero-order valence-corrected chi connectivity index (χ0v) is 17.4. The van der Waals surface area contributed by atoms with Gasteiger partial charge in [0.05, 0.1) is 39.5 Å². The minimum absolute atomic E-state index is 0.311. The highest BCUT2D eigenvalue weighted by Crippen LogP contribution is 2.27. The van der Waals surface area contributed by atoms with Crippen LogP contribution >= 0.6 is 0 Å². The van der Waals surface area contributed by atoms with Gasteiger partial charge in [0.1, 0.15) is 12.3 Å². The van der Waals surface area contributed by atoms with E-state index >= 15 is 0 Å². The van der Waals surface area contributed by atoms with Gasteiger partial charge < -0.3 is 14.2 Å². The molecule has 10 heteroatoms. The Bertz CT molecular complexity index is 991. The molecule has 0 bridgehead atoms. The van der Waals surface area contributed by atoms with Crippen LogP contribution in [-0.2, 0) is 14.8 Å². The molecule has 0 aliphatic carbocycles. The van der Waals surface area contributed by atoms with Gasteiger partial charge in [-0.05, 0) is 35.9 Å². The van der Waals surface area contributed by atoms with E-state index in [-0.39, 0.29) is 0 Å². The van der Waals surface area contributed by atoms with Gasteiger partial charge in [0, 0.05) is 6.07 Å². The van der Waals surface area contributed by atoms with Crippen molar-refractivity contribution in [1.29, 1.82) is 0 Å². The summed E-state index contributed by atoms with van der Waals surface area (Å²) in [5.41, 5.74) is 3.29. The average Bonchev–Trinajstić information content (AvgIpc) is 2.71. The highest BCUT2D eigenvalue weighted by molar-refractivity contribution is 7.92. The summed E-state index contributed by atoms with van der Waals surface area (Å²) >= 11 is 0. The van der Waals surface area contributed by atoms with Gasteiger partial charge in [-0.3, -0.25) is 9.10 Å². The molecule has 0 unspecified atom stereocenters. The van der Waals surface area contributed by atoms with Crippen molar-refractivity contribution in [3.63, 3.8) is 0 Å². The average molecular weight is 421 g/mol. The molecule has 0 radical (unpaired) electrons. The molecule has 0 fully saturated rings. The van der Waals surface area contributed by atoms with Crippen LogP contribution in [0.5, 0.6) is 17.2 Å². The van der Waals surface area contributed by atoms with Crippen molar-refractivity contribution < 1.29 is 27.4 Å². The fourth-order valence-electron chi connectivity index (χ4n) is 2.44. The standard InChI is InChI=1S/C19H23N3O6S/c1-26-16-7-5-6-15(11-16)22(29(4,24)25)13-19(23)21-20-12-14-8-9-17(27-2)18(10-14)28-3/h5-12H,13H2,1-4H3,(H,21,23)/b20-12-. The number of nitrogens with zero attached hydrogens (tertiary/aromatic N) is 2. The third kappa shape index (κ3) is 6.11. The van der Waals surface area contributed by atoms with E-state index in [1.807, 2.05) is 0 Å². The van der Waals surface area contributed by atoms with Gasteiger partial charge in [-0.2, -0.15) is 5.10 Å². The summed E-state index contributed by atoms with van der Waals surface area (Å²) in [7, 11) is 0.817. The van der Waals surface area contributed by atoms with Crippen LogP contribution in [-0.4, -0.2) is 54.7 Å². The van der Waals surface area contributed by atoms with E-state index in [0.717, 1.165) is 10.6 Å². The number of benzene rings is 2. The van der Waals surface area contributed by atoms with Crippen LogP contribution in [0.25, 0.3) is 0 Å². The summed E-state index contributed by atoms with van der Waals surface area (Å²) in [6, 6.07) is 11.5. The maximum absolute atomic E-state index is 12.2. The fourth-order valence-corrected chi connectivity index (χ4v) is 3.29. The van der Waals surface area contributed by atoms with Crippen molar-refractivity contribution in [3.8, 4) is 17.2 Å². The number of sulfonamides is 1. The first kappa shape index (κ1) is 22.0. The third-order valence-corrected chi connectivity index (χ3v) is 4.98. The van der Waals surface area contributed by atoms with E-state index in [1.54, 1.807) is 36.4 Å². The van der Waals surface area contributed by atoms with E-state index in [4.69, 9.17) is 14.2 Å². The number of amides is 1. The summed E-state index contributed by atoms with van der Waals surface area (Å²) in [5, 5.41) is 3.87. The molecule has 2 rings (SSSR count). The summed E-state index contributed by atoms with van der Waals surface area (Å²) < 4.78 is 40.7. The summed E-state index contributed by atoms with van der Waals surface area (Å²) in [6.45, 7) is -0.435. The lowest BCUT2D eigenvalue weighted by Crippen LogP contribution is -2.39. The number of hydrogen-bond acceptors (Lipinski definition) is 7. The van der Waals surface area contributed by atoms with E-state index in [9.17, 15) is 13.2 Å². The molecule has 0 heterocycles. The molecule has 29 heavy (non-hydrogen) atoms. The zero-order chi connectivity index (χ0) is 21.4. The van der Waals surface area contributed by atoms with Crippen molar-refractivity contribution >= 4 is 27.8 Å². The SMILES string of the molecule is COc1cccc(N(CC(=O)N/N=C\c2ccc(OC)c(OC)c2)S(C)(=O)=O)c1. The zero-order valence-electron chi connectivity index (χ0n) is 16.6. The molecule has 2 aromatic carbocycles. The van der Waals surface area contributed by atoms with Crippen molar-refractivity contribution in [2.24, 2.45) is 5.10 Å².